The van der Waals surface area contributed by atoms with Crippen LogP contribution in [0.4, 0.5) is 0 Å². The van der Waals surface area contributed by atoms with Gasteiger partial charge in [-0.2, -0.15) is 0 Å². The van der Waals surface area contributed by atoms with Gasteiger partial charge in [0, 0.05) is 24.2 Å². The first-order chi connectivity index (χ1) is 9.65. The minimum Gasteiger partial charge on any atom is -0.496 e. The van der Waals surface area contributed by atoms with Crippen molar-refractivity contribution in [2.24, 2.45) is 0 Å². The van der Waals surface area contributed by atoms with E-state index >= 15 is 0 Å². The van der Waals surface area contributed by atoms with Crippen molar-refractivity contribution in [3.05, 3.63) is 28.2 Å². The molecule has 1 aromatic rings. The van der Waals surface area contributed by atoms with E-state index in [1.165, 1.54) is 0 Å². The molecule has 1 saturated heterocycles. The van der Waals surface area contributed by atoms with Gasteiger partial charge >= 0.3 is 0 Å². The molecule has 5 heteroatoms. The van der Waals surface area contributed by atoms with Crippen LogP contribution in [-0.4, -0.2) is 43.7 Å². The predicted molar refractivity (Wildman–Crippen MR) is 81.2 cm³/mol. The summed E-state index contributed by atoms with van der Waals surface area (Å²) in [5, 5.41) is 0. The van der Waals surface area contributed by atoms with Crippen molar-refractivity contribution in [3.63, 3.8) is 0 Å². The number of ether oxygens (including phenoxy) is 2. The summed E-state index contributed by atoms with van der Waals surface area (Å²) in [5.41, 5.74) is 0.616. The largest absolute Gasteiger partial charge is 0.496 e. The quantitative estimate of drug-likeness (QED) is 0.844. The van der Waals surface area contributed by atoms with Crippen LogP contribution in [-0.2, 0) is 4.74 Å². The van der Waals surface area contributed by atoms with Crippen molar-refractivity contribution in [1.29, 1.82) is 0 Å². The molecule has 0 unspecified atom stereocenters. The van der Waals surface area contributed by atoms with Crippen LogP contribution >= 0.6 is 15.9 Å². The molecule has 2 rings (SSSR count). The van der Waals surface area contributed by atoms with Crippen LogP contribution in [0.15, 0.2) is 22.7 Å². The van der Waals surface area contributed by atoms with E-state index in [-0.39, 0.29) is 12.0 Å². The Hall–Kier alpha value is -1.07. The van der Waals surface area contributed by atoms with Crippen LogP contribution < -0.4 is 4.74 Å². The summed E-state index contributed by atoms with van der Waals surface area (Å²) >= 11 is 3.39. The van der Waals surface area contributed by atoms with Gasteiger partial charge in [0.15, 0.2) is 0 Å². The Morgan fingerprint density at radius 2 is 2.10 bits per heavy atom. The van der Waals surface area contributed by atoms with Gasteiger partial charge in [-0.3, -0.25) is 4.79 Å². The Morgan fingerprint density at radius 1 is 1.40 bits per heavy atom. The Labute approximate surface area is 128 Å². The lowest BCUT2D eigenvalue weighted by atomic mass is 10.1. The number of nitrogens with zero attached hydrogens (tertiary/aromatic N) is 1. The molecule has 0 atom stereocenters. The number of amides is 1. The van der Waals surface area contributed by atoms with Gasteiger partial charge in [-0.25, -0.2) is 0 Å². The second kappa shape index (κ2) is 7.09. The number of likely N-dealkylation sites (tertiary alicyclic amines) is 1. The van der Waals surface area contributed by atoms with Crippen molar-refractivity contribution in [1.82, 2.24) is 4.90 Å². The maximum absolute atomic E-state index is 12.5. The zero-order valence-corrected chi connectivity index (χ0v) is 13.5. The summed E-state index contributed by atoms with van der Waals surface area (Å²) in [6.45, 7) is 4.22. The van der Waals surface area contributed by atoms with Gasteiger partial charge in [-0.15, -0.1) is 0 Å². The lowest BCUT2D eigenvalue weighted by molar-refractivity contribution is 0.0145. The second-order valence-electron chi connectivity index (χ2n) is 4.79. The van der Waals surface area contributed by atoms with Crippen LogP contribution in [0.1, 0.15) is 30.1 Å². The van der Waals surface area contributed by atoms with Crippen LogP contribution in [0.2, 0.25) is 0 Å². The Morgan fingerprint density at radius 3 is 2.70 bits per heavy atom. The molecule has 0 radical (unpaired) electrons. The molecule has 0 N–H and O–H groups in total. The molecule has 1 aliphatic rings. The van der Waals surface area contributed by atoms with Crippen LogP contribution in [0.25, 0.3) is 0 Å². The van der Waals surface area contributed by atoms with E-state index < -0.39 is 0 Å². The standard InChI is InChI=1S/C15H20BrNO3/c1-3-20-12-6-8-17(9-7-12)15(18)13-5-4-11(16)10-14(13)19-2/h4-5,10,12H,3,6-9H2,1-2H3. The van der Waals surface area contributed by atoms with Crippen molar-refractivity contribution in [3.8, 4) is 5.75 Å². The van der Waals surface area contributed by atoms with Gasteiger partial charge in [0.2, 0.25) is 0 Å². The van der Waals surface area contributed by atoms with Gasteiger partial charge in [0.05, 0.1) is 18.8 Å². The van der Waals surface area contributed by atoms with Gasteiger partial charge < -0.3 is 14.4 Å². The monoisotopic (exact) mass is 341 g/mol. The zero-order chi connectivity index (χ0) is 14.5. The molecule has 110 valence electrons. The first-order valence-corrected chi connectivity index (χ1v) is 7.69. The average molecular weight is 342 g/mol. The molecule has 0 spiro atoms. The van der Waals surface area contributed by atoms with Crippen LogP contribution in [0.3, 0.4) is 0 Å². The van der Waals surface area contributed by atoms with E-state index in [2.05, 4.69) is 15.9 Å². The highest BCUT2D eigenvalue weighted by atomic mass is 79.9. The summed E-state index contributed by atoms with van der Waals surface area (Å²) < 4.78 is 11.8. The number of hydrogen-bond donors (Lipinski definition) is 0. The molecular weight excluding hydrogens is 322 g/mol. The molecule has 1 heterocycles. The molecule has 0 aliphatic carbocycles. The summed E-state index contributed by atoms with van der Waals surface area (Å²) in [7, 11) is 1.58. The minimum absolute atomic E-state index is 0.0318. The fraction of sp³-hybridized carbons (Fsp3) is 0.533. The number of piperidine rings is 1. The SMILES string of the molecule is CCOC1CCN(C(=O)c2ccc(Br)cc2OC)CC1. The van der Waals surface area contributed by atoms with Crippen molar-refractivity contribution < 1.29 is 14.3 Å². The molecule has 0 aromatic heterocycles. The van der Waals surface area contributed by atoms with Gasteiger partial charge in [0.25, 0.3) is 5.91 Å². The van der Waals surface area contributed by atoms with Crippen molar-refractivity contribution >= 4 is 21.8 Å². The Bertz CT molecular complexity index is 470. The summed E-state index contributed by atoms with van der Waals surface area (Å²) in [6.07, 6.45) is 2.09. The normalized spacial score (nSPS) is 16.2. The molecule has 0 saturated carbocycles. The van der Waals surface area contributed by atoms with E-state index in [4.69, 9.17) is 9.47 Å². The van der Waals surface area contributed by atoms with Crippen molar-refractivity contribution in [2.75, 3.05) is 26.8 Å². The fourth-order valence-electron chi connectivity index (χ4n) is 2.47. The number of rotatable bonds is 4. The van der Waals surface area contributed by atoms with E-state index in [9.17, 15) is 4.79 Å². The van der Waals surface area contributed by atoms with E-state index in [1.54, 1.807) is 13.2 Å². The number of carbonyl (C=O) groups is 1. The first-order valence-electron chi connectivity index (χ1n) is 6.90. The maximum Gasteiger partial charge on any atom is 0.257 e. The topological polar surface area (TPSA) is 38.8 Å². The second-order valence-corrected chi connectivity index (χ2v) is 5.71. The number of carbonyl (C=O) groups excluding carboxylic acids is 1. The summed E-state index contributed by atoms with van der Waals surface area (Å²) in [4.78, 5) is 14.4. The fourth-order valence-corrected chi connectivity index (χ4v) is 2.81. The average Bonchev–Trinajstić information content (AvgIpc) is 2.47. The first kappa shape index (κ1) is 15.3. The smallest absolute Gasteiger partial charge is 0.257 e. The highest BCUT2D eigenvalue weighted by Crippen LogP contribution is 2.26. The molecule has 20 heavy (non-hydrogen) atoms. The number of benzene rings is 1. The number of methoxy groups -OCH3 is 1. The van der Waals surface area contributed by atoms with E-state index in [1.807, 2.05) is 24.0 Å². The van der Waals surface area contributed by atoms with Gasteiger partial charge in [-0.05, 0) is 38.0 Å². The maximum atomic E-state index is 12.5. The van der Waals surface area contributed by atoms with Crippen molar-refractivity contribution in [2.45, 2.75) is 25.9 Å². The third kappa shape index (κ3) is 3.52. The Balaban J connectivity index is 2.05. The highest BCUT2D eigenvalue weighted by Gasteiger charge is 2.25. The zero-order valence-electron chi connectivity index (χ0n) is 11.9. The number of halogens is 1. The molecule has 4 nitrogen and oxygen atoms in total. The third-order valence-corrected chi connectivity index (χ3v) is 4.02. The van der Waals surface area contributed by atoms with Gasteiger partial charge in [-0.1, -0.05) is 15.9 Å². The molecular formula is C15H20BrNO3. The highest BCUT2D eigenvalue weighted by molar-refractivity contribution is 9.10. The van der Waals surface area contributed by atoms with Gasteiger partial charge in [0.1, 0.15) is 5.75 Å². The molecule has 1 fully saturated rings. The third-order valence-electron chi connectivity index (χ3n) is 3.53. The van der Waals surface area contributed by atoms with E-state index in [0.717, 1.165) is 37.0 Å². The van der Waals surface area contributed by atoms with E-state index in [0.29, 0.717) is 11.3 Å². The summed E-state index contributed by atoms with van der Waals surface area (Å²) in [5.74, 6) is 0.639. The number of hydrogen-bond acceptors (Lipinski definition) is 3. The Kier molecular flexibility index (Phi) is 5.43. The molecule has 0 bridgehead atoms. The van der Waals surface area contributed by atoms with Crippen LogP contribution in [0.5, 0.6) is 5.75 Å². The molecule has 1 aromatic carbocycles. The predicted octanol–water partition coefficient (Wildman–Crippen LogP) is 3.10. The lowest BCUT2D eigenvalue weighted by Gasteiger charge is -2.32. The van der Waals surface area contributed by atoms with Crippen LogP contribution in [0, 0.1) is 0 Å². The molecule has 1 amide bonds. The molecule has 1 aliphatic heterocycles. The lowest BCUT2D eigenvalue weighted by Crippen LogP contribution is -2.41. The summed E-state index contributed by atoms with van der Waals surface area (Å²) in [6, 6.07) is 5.49. The minimum atomic E-state index is 0.0318.